The van der Waals surface area contributed by atoms with Gasteiger partial charge in [-0.05, 0) is 38.0 Å². The van der Waals surface area contributed by atoms with Gasteiger partial charge < -0.3 is 16.4 Å². The second kappa shape index (κ2) is 6.52. The van der Waals surface area contributed by atoms with Crippen molar-refractivity contribution in [2.45, 2.75) is 39.2 Å². The molecule has 1 aromatic carbocycles. The second-order valence-corrected chi connectivity index (χ2v) is 5.23. The highest BCUT2D eigenvalue weighted by Gasteiger charge is 2.27. The van der Waals surface area contributed by atoms with Gasteiger partial charge in [0, 0.05) is 18.3 Å². The summed E-state index contributed by atoms with van der Waals surface area (Å²) in [4.78, 5) is 23.8. The van der Waals surface area contributed by atoms with E-state index in [1.807, 2.05) is 13.8 Å². The molecule has 0 spiro atoms. The van der Waals surface area contributed by atoms with E-state index in [0.717, 1.165) is 12.0 Å². The molecule has 1 rings (SSSR count). The van der Waals surface area contributed by atoms with E-state index in [0.29, 0.717) is 17.7 Å². The number of carbonyl (C=O) groups excluding carboxylic acids is 2. The van der Waals surface area contributed by atoms with E-state index in [9.17, 15) is 9.59 Å². The molecule has 0 fully saturated rings. The normalized spacial score (nSPS) is 13.4. The zero-order valence-electron chi connectivity index (χ0n) is 12.5. The molecule has 0 saturated carbocycles. The molecule has 5 nitrogen and oxygen atoms in total. The number of carbonyl (C=O) groups is 2. The van der Waals surface area contributed by atoms with E-state index in [4.69, 9.17) is 5.73 Å². The van der Waals surface area contributed by atoms with Gasteiger partial charge in [0.05, 0.1) is 5.54 Å². The van der Waals surface area contributed by atoms with Crippen LogP contribution in [0.3, 0.4) is 0 Å². The molecular formula is C15H23N3O2. The Bertz CT molecular complexity index is 510. The molecule has 1 aromatic rings. The molecule has 0 saturated heterocycles. The molecule has 20 heavy (non-hydrogen) atoms. The van der Waals surface area contributed by atoms with E-state index in [-0.39, 0.29) is 11.8 Å². The van der Waals surface area contributed by atoms with Gasteiger partial charge in [-0.15, -0.1) is 0 Å². The van der Waals surface area contributed by atoms with Crippen LogP contribution >= 0.6 is 0 Å². The summed E-state index contributed by atoms with van der Waals surface area (Å²) in [5.41, 5.74) is 7.09. The summed E-state index contributed by atoms with van der Waals surface area (Å²) in [5.74, 6) is -0.430. The number of nitrogens with one attached hydrogen (secondary N) is 2. The highest BCUT2D eigenvalue weighted by molar-refractivity contribution is 6.00. The first-order valence-electron chi connectivity index (χ1n) is 6.75. The number of benzene rings is 1. The fraction of sp³-hybridized carbons (Fsp3) is 0.467. The first-order chi connectivity index (χ1) is 9.31. The number of aryl methyl sites for hydroxylation is 1. The number of rotatable bonds is 5. The minimum atomic E-state index is -0.912. The van der Waals surface area contributed by atoms with Crippen molar-refractivity contribution in [2.75, 3.05) is 12.4 Å². The molecule has 0 aliphatic heterocycles. The summed E-state index contributed by atoms with van der Waals surface area (Å²) in [7, 11) is 1.57. The van der Waals surface area contributed by atoms with Crippen molar-refractivity contribution in [3.05, 3.63) is 29.3 Å². The van der Waals surface area contributed by atoms with Gasteiger partial charge in [0.2, 0.25) is 5.91 Å². The lowest BCUT2D eigenvalue weighted by molar-refractivity contribution is -0.120. The number of anilines is 1. The van der Waals surface area contributed by atoms with Crippen LogP contribution in [0.4, 0.5) is 5.69 Å². The molecule has 0 radical (unpaired) electrons. The van der Waals surface area contributed by atoms with Crippen molar-refractivity contribution in [3.8, 4) is 0 Å². The number of amides is 2. The summed E-state index contributed by atoms with van der Waals surface area (Å²) in [6.45, 7) is 5.57. The maximum absolute atomic E-state index is 12.2. The van der Waals surface area contributed by atoms with Crippen molar-refractivity contribution >= 4 is 17.5 Å². The summed E-state index contributed by atoms with van der Waals surface area (Å²) in [6, 6.07) is 5.18. The molecule has 1 unspecified atom stereocenters. The van der Waals surface area contributed by atoms with Crippen molar-refractivity contribution in [1.29, 1.82) is 0 Å². The molecule has 0 heterocycles. The largest absolute Gasteiger partial charge is 0.355 e. The van der Waals surface area contributed by atoms with Gasteiger partial charge in [0.15, 0.2) is 0 Å². The van der Waals surface area contributed by atoms with Crippen molar-refractivity contribution in [3.63, 3.8) is 0 Å². The smallest absolute Gasteiger partial charge is 0.251 e. The minimum Gasteiger partial charge on any atom is -0.355 e. The molecule has 2 amide bonds. The fourth-order valence-electron chi connectivity index (χ4n) is 1.94. The van der Waals surface area contributed by atoms with Gasteiger partial charge >= 0.3 is 0 Å². The van der Waals surface area contributed by atoms with E-state index < -0.39 is 5.54 Å². The zero-order valence-corrected chi connectivity index (χ0v) is 12.5. The number of hydrogen-bond acceptors (Lipinski definition) is 3. The molecule has 1 atom stereocenters. The lowest BCUT2D eigenvalue weighted by atomic mass is 9.96. The summed E-state index contributed by atoms with van der Waals surface area (Å²) < 4.78 is 0. The van der Waals surface area contributed by atoms with Crippen LogP contribution in [0.5, 0.6) is 0 Å². The van der Waals surface area contributed by atoms with E-state index in [1.165, 1.54) is 0 Å². The standard InChI is InChI=1S/C15H23N3O2/c1-5-8-15(3,16)14(20)18-12-9-11(13(19)17-4)7-6-10(12)2/h6-7,9H,5,8,16H2,1-4H3,(H,17,19)(H,18,20). The molecule has 4 N–H and O–H groups in total. The Labute approximate surface area is 119 Å². The second-order valence-electron chi connectivity index (χ2n) is 5.23. The summed E-state index contributed by atoms with van der Waals surface area (Å²) in [6.07, 6.45) is 1.44. The predicted molar refractivity (Wildman–Crippen MR) is 80.7 cm³/mol. The maximum atomic E-state index is 12.2. The van der Waals surface area contributed by atoms with Gasteiger partial charge in [0.1, 0.15) is 0 Å². The van der Waals surface area contributed by atoms with Gasteiger partial charge in [-0.2, -0.15) is 0 Å². The van der Waals surface area contributed by atoms with Crippen LogP contribution in [-0.2, 0) is 4.79 Å². The Kier molecular flexibility index (Phi) is 5.27. The summed E-state index contributed by atoms with van der Waals surface area (Å²) in [5, 5.41) is 5.37. The van der Waals surface area contributed by atoms with Crippen LogP contribution in [0, 0.1) is 6.92 Å². The molecule has 0 bridgehead atoms. The lowest BCUT2D eigenvalue weighted by Gasteiger charge is -2.23. The first-order valence-corrected chi connectivity index (χ1v) is 6.75. The van der Waals surface area contributed by atoms with Crippen LogP contribution in [0.25, 0.3) is 0 Å². The lowest BCUT2D eigenvalue weighted by Crippen LogP contribution is -2.48. The van der Waals surface area contributed by atoms with Crippen molar-refractivity contribution in [2.24, 2.45) is 5.73 Å². The van der Waals surface area contributed by atoms with Gasteiger partial charge in [-0.3, -0.25) is 9.59 Å². The molecular weight excluding hydrogens is 254 g/mol. The van der Waals surface area contributed by atoms with Crippen molar-refractivity contribution < 1.29 is 9.59 Å². The number of hydrogen-bond donors (Lipinski definition) is 3. The molecule has 5 heteroatoms. The Morgan fingerprint density at radius 2 is 2.00 bits per heavy atom. The van der Waals surface area contributed by atoms with Crippen LogP contribution in [0.1, 0.15) is 42.6 Å². The fourth-order valence-corrected chi connectivity index (χ4v) is 1.94. The molecule has 0 aromatic heterocycles. The molecule has 110 valence electrons. The Hall–Kier alpha value is -1.88. The van der Waals surface area contributed by atoms with E-state index in [2.05, 4.69) is 10.6 Å². The SMILES string of the molecule is CCCC(C)(N)C(=O)Nc1cc(C(=O)NC)ccc1C. The topological polar surface area (TPSA) is 84.2 Å². The molecule has 0 aliphatic rings. The van der Waals surface area contributed by atoms with E-state index in [1.54, 1.807) is 32.2 Å². The monoisotopic (exact) mass is 277 g/mol. The van der Waals surface area contributed by atoms with Crippen LogP contribution in [0.15, 0.2) is 18.2 Å². The van der Waals surface area contributed by atoms with Crippen LogP contribution in [0.2, 0.25) is 0 Å². The maximum Gasteiger partial charge on any atom is 0.251 e. The third-order valence-electron chi connectivity index (χ3n) is 3.26. The van der Waals surface area contributed by atoms with Gasteiger partial charge in [0.25, 0.3) is 5.91 Å². The predicted octanol–water partition coefficient (Wildman–Crippen LogP) is 1.81. The average molecular weight is 277 g/mol. The minimum absolute atomic E-state index is 0.190. The third-order valence-corrected chi connectivity index (χ3v) is 3.26. The van der Waals surface area contributed by atoms with Gasteiger partial charge in [-0.1, -0.05) is 19.4 Å². The Morgan fingerprint density at radius 1 is 1.35 bits per heavy atom. The highest BCUT2D eigenvalue weighted by Crippen LogP contribution is 2.19. The summed E-state index contributed by atoms with van der Waals surface area (Å²) >= 11 is 0. The van der Waals surface area contributed by atoms with Crippen LogP contribution < -0.4 is 16.4 Å². The highest BCUT2D eigenvalue weighted by atomic mass is 16.2. The Balaban J connectivity index is 2.97. The first kappa shape index (κ1) is 16.2. The Morgan fingerprint density at radius 3 is 2.55 bits per heavy atom. The number of nitrogens with two attached hydrogens (primary N) is 1. The van der Waals surface area contributed by atoms with Crippen molar-refractivity contribution in [1.82, 2.24) is 5.32 Å². The molecule has 0 aliphatic carbocycles. The zero-order chi connectivity index (χ0) is 15.3. The van der Waals surface area contributed by atoms with Crippen LogP contribution in [-0.4, -0.2) is 24.4 Å². The van der Waals surface area contributed by atoms with Gasteiger partial charge in [-0.25, -0.2) is 0 Å². The van der Waals surface area contributed by atoms with E-state index >= 15 is 0 Å². The average Bonchev–Trinajstić information content (AvgIpc) is 2.40. The third kappa shape index (κ3) is 3.81. The quantitative estimate of drug-likeness (QED) is 0.767.